The van der Waals surface area contributed by atoms with Crippen molar-refractivity contribution in [2.75, 3.05) is 19.6 Å². The minimum Gasteiger partial charge on any atom is -0.372 e. The molecule has 2 aliphatic heterocycles. The Kier molecular flexibility index (Phi) is 4.03. The smallest absolute Gasteiger partial charge is 0.253 e. The number of benzene rings is 1. The fourth-order valence-electron chi connectivity index (χ4n) is 3.02. The van der Waals surface area contributed by atoms with Crippen molar-refractivity contribution in [1.82, 2.24) is 10.2 Å². The van der Waals surface area contributed by atoms with Crippen molar-refractivity contribution in [2.45, 2.75) is 39.0 Å². The van der Waals surface area contributed by atoms with E-state index in [1.165, 1.54) is 18.4 Å². The lowest BCUT2D eigenvalue weighted by molar-refractivity contribution is 0.0751. The molecule has 4 heteroatoms. The minimum absolute atomic E-state index is 0.135. The van der Waals surface area contributed by atoms with E-state index >= 15 is 0 Å². The maximum atomic E-state index is 12.6. The SMILES string of the molecule is CCN(CC1CCCN1)C(=O)c1ccc2c(c1)COC2. The van der Waals surface area contributed by atoms with Gasteiger partial charge < -0.3 is 15.0 Å². The summed E-state index contributed by atoms with van der Waals surface area (Å²) < 4.78 is 5.41. The van der Waals surface area contributed by atoms with Gasteiger partial charge in [0.15, 0.2) is 0 Å². The summed E-state index contributed by atoms with van der Waals surface area (Å²) in [6.45, 7) is 5.99. The van der Waals surface area contributed by atoms with E-state index in [1.807, 2.05) is 30.0 Å². The van der Waals surface area contributed by atoms with Crippen LogP contribution in [0, 0.1) is 0 Å². The summed E-state index contributed by atoms with van der Waals surface area (Å²) in [5.74, 6) is 0.135. The topological polar surface area (TPSA) is 41.6 Å². The molecular formula is C16H22N2O2. The Morgan fingerprint density at radius 1 is 1.40 bits per heavy atom. The van der Waals surface area contributed by atoms with Gasteiger partial charge in [0.05, 0.1) is 13.2 Å². The van der Waals surface area contributed by atoms with Crippen LogP contribution in [0.5, 0.6) is 0 Å². The largest absolute Gasteiger partial charge is 0.372 e. The zero-order valence-corrected chi connectivity index (χ0v) is 12.0. The van der Waals surface area contributed by atoms with Crippen molar-refractivity contribution < 1.29 is 9.53 Å². The molecular weight excluding hydrogens is 252 g/mol. The number of nitrogens with one attached hydrogen (secondary N) is 1. The maximum Gasteiger partial charge on any atom is 0.253 e. The summed E-state index contributed by atoms with van der Waals surface area (Å²) in [6, 6.07) is 6.41. The van der Waals surface area contributed by atoms with Crippen LogP contribution in [0.1, 0.15) is 41.3 Å². The molecule has 2 heterocycles. The van der Waals surface area contributed by atoms with E-state index in [2.05, 4.69) is 5.32 Å². The van der Waals surface area contributed by atoms with Crippen LogP contribution in [-0.2, 0) is 18.0 Å². The van der Waals surface area contributed by atoms with E-state index in [0.717, 1.165) is 30.8 Å². The van der Waals surface area contributed by atoms with E-state index < -0.39 is 0 Å². The Balaban J connectivity index is 1.72. The third kappa shape index (κ3) is 2.72. The summed E-state index contributed by atoms with van der Waals surface area (Å²) in [7, 11) is 0. The van der Waals surface area contributed by atoms with Crippen LogP contribution in [0.2, 0.25) is 0 Å². The molecule has 0 radical (unpaired) electrons. The number of hydrogen-bond donors (Lipinski definition) is 1. The van der Waals surface area contributed by atoms with E-state index in [9.17, 15) is 4.79 Å². The van der Waals surface area contributed by atoms with Gasteiger partial charge in [-0.2, -0.15) is 0 Å². The van der Waals surface area contributed by atoms with E-state index in [-0.39, 0.29) is 5.91 Å². The number of hydrogen-bond acceptors (Lipinski definition) is 3. The number of likely N-dealkylation sites (N-methyl/N-ethyl adjacent to an activating group) is 1. The molecule has 0 bridgehead atoms. The molecule has 1 aromatic carbocycles. The predicted octanol–water partition coefficient (Wildman–Crippen LogP) is 1.93. The molecule has 0 aliphatic carbocycles. The van der Waals surface area contributed by atoms with Crippen molar-refractivity contribution in [1.29, 1.82) is 0 Å². The van der Waals surface area contributed by atoms with E-state index in [1.54, 1.807) is 0 Å². The molecule has 1 N–H and O–H groups in total. The lowest BCUT2D eigenvalue weighted by Crippen LogP contribution is -2.41. The van der Waals surface area contributed by atoms with E-state index in [0.29, 0.717) is 19.3 Å². The first-order valence-electron chi connectivity index (χ1n) is 7.50. The molecule has 1 unspecified atom stereocenters. The average molecular weight is 274 g/mol. The minimum atomic E-state index is 0.135. The predicted molar refractivity (Wildman–Crippen MR) is 77.5 cm³/mol. The van der Waals surface area contributed by atoms with Gasteiger partial charge in [-0.05, 0) is 49.6 Å². The normalized spacial score (nSPS) is 20.9. The number of nitrogens with zero attached hydrogens (tertiary/aromatic N) is 1. The van der Waals surface area contributed by atoms with Crippen LogP contribution in [0.3, 0.4) is 0 Å². The highest BCUT2D eigenvalue weighted by molar-refractivity contribution is 5.94. The van der Waals surface area contributed by atoms with Crippen molar-refractivity contribution in [3.63, 3.8) is 0 Å². The third-order valence-corrected chi connectivity index (χ3v) is 4.24. The first-order valence-corrected chi connectivity index (χ1v) is 7.50. The molecule has 1 amide bonds. The number of fused-ring (bicyclic) bond motifs is 1. The molecule has 1 fully saturated rings. The molecule has 1 saturated heterocycles. The quantitative estimate of drug-likeness (QED) is 0.912. The monoisotopic (exact) mass is 274 g/mol. The standard InChI is InChI=1S/C16H22N2O2/c1-2-18(9-15-4-3-7-17-15)16(19)12-5-6-13-10-20-11-14(13)8-12/h5-6,8,15,17H,2-4,7,9-11H2,1H3. The molecule has 1 aromatic rings. The van der Waals surface area contributed by atoms with Crippen LogP contribution in [0.15, 0.2) is 18.2 Å². The second-order valence-electron chi connectivity index (χ2n) is 5.61. The molecule has 2 aliphatic rings. The summed E-state index contributed by atoms with van der Waals surface area (Å²) in [5.41, 5.74) is 3.15. The van der Waals surface area contributed by atoms with Crippen molar-refractivity contribution in [3.8, 4) is 0 Å². The molecule has 3 rings (SSSR count). The van der Waals surface area contributed by atoms with Gasteiger partial charge in [-0.15, -0.1) is 0 Å². The van der Waals surface area contributed by atoms with Crippen LogP contribution in [0.4, 0.5) is 0 Å². The number of carbonyl (C=O) groups excluding carboxylic acids is 1. The Morgan fingerprint density at radius 3 is 3.00 bits per heavy atom. The lowest BCUT2D eigenvalue weighted by Gasteiger charge is -2.24. The Bertz CT molecular complexity index is 495. The molecule has 0 aromatic heterocycles. The summed E-state index contributed by atoms with van der Waals surface area (Å²) >= 11 is 0. The Hall–Kier alpha value is -1.39. The maximum absolute atomic E-state index is 12.6. The number of ether oxygens (including phenoxy) is 1. The zero-order valence-electron chi connectivity index (χ0n) is 12.0. The fraction of sp³-hybridized carbons (Fsp3) is 0.562. The van der Waals surface area contributed by atoms with Gasteiger partial charge in [0.2, 0.25) is 0 Å². The number of carbonyl (C=O) groups is 1. The Labute approximate surface area is 120 Å². The molecule has 0 saturated carbocycles. The van der Waals surface area contributed by atoms with Gasteiger partial charge in [0.1, 0.15) is 0 Å². The Morgan fingerprint density at radius 2 is 2.25 bits per heavy atom. The highest BCUT2D eigenvalue weighted by Gasteiger charge is 2.22. The second-order valence-corrected chi connectivity index (χ2v) is 5.61. The summed E-state index contributed by atoms with van der Waals surface area (Å²) in [4.78, 5) is 14.6. The van der Waals surface area contributed by atoms with Gasteiger partial charge in [-0.3, -0.25) is 4.79 Å². The molecule has 108 valence electrons. The highest BCUT2D eigenvalue weighted by atomic mass is 16.5. The van der Waals surface area contributed by atoms with E-state index in [4.69, 9.17) is 4.74 Å². The summed E-state index contributed by atoms with van der Waals surface area (Å²) in [6.07, 6.45) is 2.38. The van der Waals surface area contributed by atoms with Crippen LogP contribution >= 0.6 is 0 Å². The van der Waals surface area contributed by atoms with Gasteiger partial charge in [0, 0.05) is 24.7 Å². The molecule has 1 atom stereocenters. The van der Waals surface area contributed by atoms with Gasteiger partial charge in [-0.1, -0.05) is 6.07 Å². The van der Waals surface area contributed by atoms with Crippen LogP contribution in [-0.4, -0.2) is 36.5 Å². The zero-order chi connectivity index (χ0) is 13.9. The second kappa shape index (κ2) is 5.94. The van der Waals surface area contributed by atoms with Crippen molar-refractivity contribution in [2.24, 2.45) is 0 Å². The fourth-order valence-corrected chi connectivity index (χ4v) is 3.02. The third-order valence-electron chi connectivity index (χ3n) is 4.24. The first-order chi connectivity index (χ1) is 9.78. The van der Waals surface area contributed by atoms with Gasteiger partial charge in [0.25, 0.3) is 5.91 Å². The molecule has 4 nitrogen and oxygen atoms in total. The lowest BCUT2D eigenvalue weighted by atomic mass is 10.1. The first kappa shape index (κ1) is 13.6. The highest BCUT2D eigenvalue weighted by Crippen LogP contribution is 2.21. The van der Waals surface area contributed by atoms with Crippen molar-refractivity contribution in [3.05, 3.63) is 34.9 Å². The molecule has 0 spiro atoms. The molecule has 20 heavy (non-hydrogen) atoms. The number of rotatable bonds is 4. The van der Waals surface area contributed by atoms with Crippen LogP contribution < -0.4 is 5.32 Å². The number of amides is 1. The average Bonchev–Trinajstić information content (AvgIpc) is 3.14. The summed E-state index contributed by atoms with van der Waals surface area (Å²) in [5, 5.41) is 3.46. The van der Waals surface area contributed by atoms with Crippen molar-refractivity contribution >= 4 is 5.91 Å². The van der Waals surface area contributed by atoms with Gasteiger partial charge in [-0.25, -0.2) is 0 Å². The van der Waals surface area contributed by atoms with Gasteiger partial charge >= 0.3 is 0 Å². The van der Waals surface area contributed by atoms with Crippen LogP contribution in [0.25, 0.3) is 0 Å².